The SMILES string of the molecule is C=C=C(C(CC(C)C)NC(=O)OC)N1CCCC1c1ccc2ccc(-c3ccc(-c4ccc5ccc(C6CCCN6C(=O)SC(CC(C)C)NC(=O)OC)nc5c4)cc3)cc2n1. The lowest BCUT2D eigenvalue weighted by Gasteiger charge is -2.33. The van der Waals surface area contributed by atoms with E-state index in [0.29, 0.717) is 24.8 Å². The number of carbonyl (C=O) groups excluding carboxylic acids is 3. The van der Waals surface area contributed by atoms with Crippen LogP contribution in [0.4, 0.5) is 14.4 Å². The van der Waals surface area contributed by atoms with Gasteiger partial charge in [0.1, 0.15) is 0 Å². The van der Waals surface area contributed by atoms with Crippen molar-refractivity contribution in [2.45, 2.75) is 89.7 Å². The summed E-state index contributed by atoms with van der Waals surface area (Å²) in [4.78, 5) is 52.5. The molecule has 62 heavy (non-hydrogen) atoms. The van der Waals surface area contributed by atoms with Gasteiger partial charge in [-0.2, -0.15) is 0 Å². The molecule has 0 radical (unpaired) electrons. The van der Waals surface area contributed by atoms with Crippen molar-refractivity contribution in [3.63, 3.8) is 0 Å². The molecule has 2 aromatic heterocycles. The highest BCUT2D eigenvalue weighted by molar-refractivity contribution is 8.14. The molecule has 11 nitrogen and oxygen atoms in total. The molecule has 0 aliphatic carbocycles. The van der Waals surface area contributed by atoms with Crippen molar-refractivity contribution in [1.82, 2.24) is 30.4 Å². The smallest absolute Gasteiger partial charge is 0.407 e. The topological polar surface area (TPSA) is 126 Å². The van der Waals surface area contributed by atoms with Crippen molar-refractivity contribution < 1.29 is 23.9 Å². The third-order valence-electron chi connectivity index (χ3n) is 11.8. The van der Waals surface area contributed by atoms with Crippen LogP contribution < -0.4 is 10.6 Å². The molecule has 12 heteroatoms. The standard InChI is InChI=1S/C50H58N6O5S/c1-8-44(43(27-31(2)3)53-48(57)60-6)55-25-9-11-45(55)39-23-21-35-17-19-37(29-41(35)51-39)33-13-15-34(16-14-33)38-20-18-36-22-24-40(52-42(36)30-38)46-12-10-26-56(46)50(59)62-47(28-32(4)5)54-49(58)61-7/h13-24,29-32,43,45-47H,1,9-12,25-28H2,2-7H3,(H,53,57)(H,54,58). The van der Waals surface area contributed by atoms with Gasteiger partial charge < -0.3 is 29.9 Å². The van der Waals surface area contributed by atoms with Crippen LogP contribution in [-0.4, -0.2) is 75.9 Å². The van der Waals surface area contributed by atoms with E-state index in [-0.39, 0.29) is 28.7 Å². The highest BCUT2D eigenvalue weighted by Gasteiger charge is 2.35. The number of ether oxygens (including phenoxy) is 2. The Bertz CT molecular complexity index is 2470. The van der Waals surface area contributed by atoms with Gasteiger partial charge in [0.25, 0.3) is 5.24 Å². The van der Waals surface area contributed by atoms with Crippen LogP contribution in [0.25, 0.3) is 44.1 Å². The Morgan fingerprint density at radius 2 is 1.16 bits per heavy atom. The lowest BCUT2D eigenvalue weighted by molar-refractivity contribution is 0.163. The van der Waals surface area contributed by atoms with Crippen molar-refractivity contribution in [2.24, 2.45) is 11.8 Å². The second-order valence-electron chi connectivity index (χ2n) is 17.1. The molecule has 0 spiro atoms. The van der Waals surface area contributed by atoms with Crippen molar-refractivity contribution in [2.75, 3.05) is 27.3 Å². The number of rotatable bonds is 13. The first-order valence-corrected chi connectivity index (χ1v) is 22.6. The van der Waals surface area contributed by atoms with Crippen LogP contribution in [0.5, 0.6) is 0 Å². The number of nitrogens with zero attached hydrogens (tertiary/aromatic N) is 4. The lowest BCUT2D eigenvalue weighted by atomic mass is 9.98. The van der Waals surface area contributed by atoms with Crippen LogP contribution in [0.3, 0.4) is 0 Å². The minimum absolute atomic E-state index is 0.0379. The van der Waals surface area contributed by atoms with E-state index in [0.717, 1.165) is 112 Å². The van der Waals surface area contributed by atoms with Crippen molar-refractivity contribution in [1.29, 1.82) is 0 Å². The molecule has 2 N–H and O–H groups in total. The molecule has 0 bridgehead atoms. The summed E-state index contributed by atoms with van der Waals surface area (Å²) >= 11 is 1.15. The predicted molar refractivity (Wildman–Crippen MR) is 248 cm³/mol. The molecular formula is C50H58N6O5S. The monoisotopic (exact) mass is 854 g/mol. The van der Waals surface area contributed by atoms with Gasteiger partial charge >= 0.3 is 12.2 Å². The number of thioether (sulfide) groups is 1. The van der Waals surface area contributed by atoms with Gasteiger partial charge in [0.2, 0.25) is 0 Å². The van der Waals surface area contributed by atoms with Crippen LogP contribution >= 0.6 is 11.8 Å². The second kappa shape index (κ2) is 19.9. The number of carbonyl (C=O) groups is 3. The summed E-state index contributed by atoms with van der Waals surface area (Å²) in [5.41, 5.74) is 12.0. The van der Waals surface area contributed by atoms with Gasteiger partial charge in [-0.1, -0.05) is 94.9 Å². The Labute approximate surface area is 369 Å². The van der Waals surface area contributed by atoms with Gasteiger partial charge in [-0.25, -0.2) is 9.59 Å². The fraction of sp³-hybridized carbons (Fsp3) is 0.400. The number of fused-ring (bicyclic) bond motifs is 2. The third-order valence-corrected chi connectivity index (χ3v) is 12.8. The molecule has 324 valence electrons. The molecule has 0 saturated carbocycles. The fourth-order valence-corrected chi connectivity index (χ4v) is 10.0. The van der Waals surface area contributed by atoms with E-state index >= 15 is 0 Å². The Balaban J connectivity index is 1.08. The van der Waals surface area contributed by atoms with Gasteiger partial charge in [0.05, 0.1) is 65.8 Å². The molecule has 7 rings (SSSR count). The van der Waals surface area contributed by atoms with E-state index in [1.54, 1.807) is 0 Å². The molecule has 3 aromatic carbocycles. The van der Waals surface area contributed by atoms with E-state index in [1.807, 2.05) is 11.0 Å². The van der Waals surface area contributed by atoms with E-state index < -0.39 is 12.2 Å². The number of amides is 3. The van der Waals surface area contributed by atoms with Crippen LogP contribution in [-0.2, 0) is 9.47 Å². The van der Waals surface area contributed by atoms with E-state index in [2.05, 4.69) is 134 Å². The van der Waals surface area contributed by atoms with Crippen LogP contribution in [0.15, 0.2) is 103 Å². The maximum Gasteiger partial charge on any atom is 0.407 e. The van der Waals surface area contributed by atoms with Crippen LogP contribution in [0.1, 0.15) is 89.7 Å². The highest BCUT2D eigenvalue weighted by atomic mass is 32.2. The summed E-state index contributed by atoms with van der Waals surface area (Å²) in [6.07, 6.45) is 4.05. The number of hydrogen-bond acceptors (Lipinski definition) is 9. The van der Waals surface area contributed by atoms with Crippen LogP contribution in [0.2, 0.25) is 0 Å². The largest absolute Gasteiger partial charge is 0.453 e. The third kappa shape index (κ3) is 10.3. The molecule has 4 atom stereocenters. The Hall–Kier alpha value is -5.84. The number of methoxy groups -OCH3 is 2. The molecule has 3 amide bonds. The zero-order valence-electron chi connectivity index (χ0n) is 36.6. The maximum atomic E-state index is 13.6. The van der Waals surface area contributed by atoms with Gasteiger partial charge in [-0.15, -0.1) is 5.73 Å². The summed E-state index contributed by atoms with van der Waals surface area (Å²) in [5, 5.41) is 7.50. The average molecular weight is 855 g/mol. The quantitative estimate of drug-likeness (QED) is 0.0879. The van der Waals surface area contributed by atoms with Crippen molar-refractivity contribution in [3.05, 3.63) is 114 Å². The van der Waals surface area contributed by atoms with Gasteiger partial charge in [0.15, 0.2) is 0 Å². The zero-order chi connectivity index (χ0) is 43.9. The fourth-order valence-electron chi connectivity index (χ4n) is 8.79. The highest BCUT2D eigenvalue weighted by Crippen LogP contribution is 2.38. The predicted octanol–water partition coefficient (Wildman–Crippen LogP) is 11.4. The van der Waals surface area contributed by atoms with Crippen molar-refractivity contribution in [3.8, 4) is 22.3 Å². The number of pyridine rings is 2. The molecule has 2 aliphatic heterocycles. The zero-order valence-corrected chi connectivity index (χ0v) is 37.5. The minimum Gasteiger partial charge on any atom is -0.453 e. The first-order chi connectivity index (χ1) is 29.9. The first-order valence-electron chi connectivity index (χ1n) is 21.7. The molecule has 4 unspecified atom stereocenters. The summed E-state index contributed by atoms with van der Waals surface area (Å²) in [5.74, 6) is 0.639. The molecular weight excluding hydrogens is 797 g/mol. The maximum absolute atomic E-state index is 13.6. The molecule has 2 aliphatic rings. The number of aromatic nitrogens is 2. The minimum atomic E-state index is -0.538. The normalized spacial score (nSPS) is 17.3. The average Bonchev–Trinajstić information content (AvgIpc) is 3.97. The van der Waals surface area contributed by atoms with Crippen molar-refractivity contribution >= 4 is 51.0 Å². The molecule has 2 saturated heterocycles. The number of alkyl carbamates (subject to hydrolysis) is 2. The molecule has 4 heterocycles. The Morgan fingerprint density at radius 3 is 1.66 bits per heavy atom. The van der Waals surface area contributed by atoms with Gasteiger partial charge in [-0.3, -0.25) is 14.8 Å². The Morgan fingerprint density at radius 1 is 0.694 bits per heavy atom. The first kappa shape index (κ1) is 44.2. The number of benzene rings is 3. The summed E-state index contributed by atoms with van der Waals surface area (Å²) in [6.45, 7) is 13.9. The Kier molecular flexibility index (Phi) is 14.2. The van der Waals surface area contributed by atoms with Gasteiger partial charge in [-0.05, 0) is 109 Å². The lowest BCUT2D eigenvalue weighted by Crippen LogP contribution is -2.42. The molecule has 2 fully saturated rings. The summed E-state index contributed by atoms with van der Waals surface area (Å²) < 4.78 is 9.78. The van der Waals surface area contributed by atoms with E-state index in [4.69, 9.17) is 19.4 Å². The van der Waals surface area contributed by atoms with Crippen LogP contribution in [0, 0.1) is 11.8 Å². The number of likely N-dealkylation sites (tertiary alicyclic amines) is 2. The second-order valence-corrected chi connectivity index (χ2v) is 18.2. The summed E-state index contributed by atoms with van der Waals surface area (Å²) in [7, 11) is 2.72. The number of nitrogens with one attached hydrogen (secondary N) is 2. The van der Waals surface area contributed by atoms with E-state index in [1.165, 1.54) is 14.2 Å². The molecule has 5 aromatic rings. The number of hydrogen-bond donors (Lipinski definition) is 2. The van der Waals surface area contributed by atoms with Gasteiger partial charge in [0, 0.05) is 23.9 Å². The van der Waals surface area contributed by atoms with E-state index in [9.17, 15) is 14.4 Å². The summed E-state index contributed by atoms with van der Waals surface area (Å²) in [6, 6.07) is 29.4.